The third-order valence-corrected chi connectivity index (χ3v) is 4.15. The van der Waals surface area contributed by atoms with Crippen LogP contribution in [0.4, 0.5) is 0 Å². The van der Waals surface area contributed by atoms with Crippen LogP contribution in [0.3, 0.4) is 0 Å². The molecule has 1 amide bonds. The number of para-hydroxylation sites is 2. The van der Waals surface area contributed by atoms with Crippen LogP contribution in [-0.4, -0.2) is 20.1 Å². The average Bonchev–Trinajstić information content (AvgIpc) is 3.01. The Hall–Kier alpha value is -2.79. The Morgan fingerprint density at radius 1 is 1.12 bits per heavy atom. The number of fused-ring (bicyclic) bond motifs is 1. The molecule has 0 radical (unpaired) electrons. The van der Waals surface area contributed by atoms with Crippen LogP contribution in [0.5, 0.6) is 5.75 Å². The molecule has 0 unspecified atom stereocenters. The zero-order valence-corrected chi connectivity index (χ0v) is 14.5. The molecule has 2 aromatic carbocycles. The molecule has 25 heavy (non-hydrogen) atoms. The second-order valence-corrected chi connectivity index (χ2v) is 5.78. The van der Waals surface area contributed by atoms with Crippen LogP contribution in [-0.2, 0) is 11.3 Å². The van der Waals surface area contributed by atoms with Crippen LogP contribution in [0.1, 0.15) is 34.6 Å². The Morgan fingerprint density at radius 3 is 2.60 bits per heavy atom. The highest BCUT2D eigenvalue weighted by atomic mass is 16.5. The summed E-state index contributed by atoms with van der Waals surface area (Å²) in [5, 5.41) is 3.87. The lowest BCUT2D eigenvalue weighted by molar-refractivity contribution is 0.0907. The van der Waals surface area contributed by atoms with Crippen LogP contribution < -0.4 is 10.1 Å². The van der Waals surface area contributed by atoms with Gasteiger partial charge in [-0.3, -0.25) is 4.79 Å². The van der Waals surface area contributed by atoms with Gasteiger partial charge in [0.25, 0.3) is 5.91 Å². The highest BCUT2D eigenvalue weighted by Gasteiger charge is 2.22. The fraction of sp³-hybridized carbons (Fsp3) is 0.250. The quantitative estimate of drug-likeness (QED) is 0.735. The van der Waals surface area contributed by atoms with Gasteiger partial charge in [-0.2, -0.15) is 0 Å². The number of carbonyl (C=O) groups excluding carboxylic acids is 1. The van der Waals surface area contributed by atoms with E-state index in [0.29, 0.717) is 12.2 Å². The number of hydrogen-bond acceptors (Lipinski definition) is 4. The third-order valence-electron chi connectivity index (χ3n) is 4.15. The molecule has 130 valence electrons. The van der Waals surface area contributed by atoms with E-state index < -0.39 is 0 Å². The topological polar surface area (TPSA) is 60.7 Å². The molecule has 3 rings (SSSR count). The van der Waals surface area contributed by atoms with Crippen molar-refractivity contribution in [3.8, 4) is 5.75 Å². The van der Waals surface area contributed by atoms with Crippen molar-refractivity contribution in [2.75, 3.05) is 14.2 Å². The van der Waals surface area contributed by atoms with Gasteiger partial charge in [-0.05, 0) is 19.1 Å². The molecule has 1 heterocycles. The van der Waals surface area contributed by atoms with Gasteiger partial charge in [-0.15, -0.1) is 0 Å². The average molecular weight is 339 g/mol. The summed E-state index contributed by atoms with van der Waals surface area (Å²) in [7, 11) is 3.21. The Morgan fingerprint density at radius 2 is 1.84 bits per heavy atom. The summed E-state index contributed by atoms with van der Waals surface area (Å²) in [6, 6.07) is 14.9. The van der Waals surface area contributed by atoms with E-state index in [2.05, 4.69) is 5.32 Å². The minimum Gasteiger partial charge on any atom is -0.496 e. The normalized spacial score (nSPS) is 12.1. The van der Waals surface area contributed by atoms with Crippen LogP contribution in [0, 0.1) is 0 Å². The fourth-order valence-corrected chi connectivity index (χ4v) is 2.93. The molecule has 0 spiro atoms. The lowest BCUT2D eigenvalue weighted by Gasteiger charge is -2.17. The Labute approximate surface area is 146 Å². The zero-order chi connectivity index (χ0) is 17.8. The largest absolute Gasteiger partial charge is 0.496 e. The molecule has 1 atom stereocenters. The van der Waals surface area contributed by atoms with E-state index >= 15 is 0 Å². The first kappa shape index (κ1) is 17.0. The number of benzene rings is 2. The van der Waals surface area contributed by atoms with Crippen molar-refractivity contribution in [3.63, 3.8) is 0 Å². The molecule has 3 aromatic rings. The summed E-state index contributed by atoms with van der Waals surface area (Å²) < 4.78 is 16.4. The van der Waals surface area contributed by atoms with Crippen molar-refractivity contribution in [1.82, 2.24) is 5.32 Å². The maximum absolute atomic E-state index is 12.8. The summed E-state index contributed by atoms with van der Waals surface area (Å²) in [5.74, 6) is 0.739. The van der Waals surface area contributed by atoms with E-state index in [1.54, 1.807) is 14.2 Å². The van der Waals surface area contributed by atoms with E-state index in [-0.39, 0.29) is 17.7 Å². The van der Waals surface area contributed by atoms with E-state index in [1.807, 2.05) is 55.5 Å². The SMILES string of the molecule is COCc1c(C(=O)N[C@H](C)c2ccccc2OC)oc2ccccc12. The standard InChI is InChI=1S/C20H21NO4/c1-13(14-8-4-6-10-17(14)24-3)21-20(22)19-16(12-23-2)15-9-5-7-11-18(15)25-19/h4-11,13H,12H2,1-3H3,(H,21,22)/t13-/m1/s1. The number of carbonyl (C=O) groups is 1. The Balaban J connectivity index is 1.90. The monoisotopic (exact) mass is 339 g/mol. The molecule has 0 aliphatic heterocycles. The fourth-order valence-electron chi connectivity index (χ4n) is 2.93. The van der Waals surface area contributed by atoms with E-state index in [0.717, 1.165) is 22.3 Å². The number of amides is 1. The predicted octanol–water partition coefficient (Wildman–Crippen LogP) is 4.08. The molecular weight excluding hydrogens is 318 g/mol. The highest BCUT2D eigenvalue weighted by molar-refractivity contribution is 5.99. The summed E-state index contributed by atoms with van der Waals surface area (Å²) in [4.78, 5) is 12.8. The van der Waals surface area contributed by atoms with E-state index in [4.69, 9.17) is 13.9 Å². The lowest BCUT2D eigenvalue weighted by Crippen LogP contribution is -2.27. The first-order chi connectivity index (χ1) is 12.2. The molecule has 0 saturated heterocycles. The van der Waals surface area contributed by atoms with Crippen LogP contribution in [0.25, 0.3) is 11.0 Å². The summed E-state index contributed by atoms with van der Waals surface area (Å²) in [5.41, 5.74) is 2.33. The van der Waals surface area contributed by atoms with Crippen molar-refractivity contribution in [2.24, 2.45) is 0 Å². The van der Waals surface area contributed by atoms with Crippen molar-refractivity contribution in [3.05, 3.63) is 65.4 Å². The molecule has 0 aliphatic rings. The molecule has 0 saturated carbocycles. The molecule has 5 heteroatoms. The van der Waals surface area contributed by atoms with Gasteiger partial charge in [0.15, 0.2) is 5.76 Å². The molecule has 0 fully saturated rings. The number of nitrogens with one attached hydrogen (secondary N) is 1. The van der Waals surface area contributed by atoms with Gasteiger partial charge in [-0.1, -0.05) is 36.4 Å². The number of rotatable bonds is 6. The maximum atomic E-state index is 12.8. The minimum absolute atomic E-state index is 0.229. The Bertz CT molecular complexity index is 884. The Kier molecular flexibility index (Phi) is 5.05. The number of methoxy groups -OCH3 is 2. The van der Waals surface area contributed by atoms with E-state index in [9.17, 15) is 4.79 Å². The van der Waals surface area contributed by atoms with Gasteiger partial charge in [0, 0.05) is 23.6 Å². The second-order valence-electron chi connectivity index (χ2n) is 5.78. The van der Waals surface area contributed by atoms with E-state index in [1.165, 1.54) is 0 Å². The van der Waals surface area contributed by atoms with Crippen molar-refractivity contribution >= 4 is 16.9 Å². The van der Waals surface area contributed by atoms with Gasteiger partial charge >= 0.3 is 0 Å². The summed E-state index contributed by atoms with van der Waals surface area (Å²) in [6.45, 7) is 2.22. The first-order valence-corrected chi connectivity index (χ1v) is 8.08. The second kappa shape index (κ2) is 7.40. The van der Waals surface area contributed by atoms with Crippen LogP contribution in [0.2, 0.25) is 0 Å². The number of ether oxygens (including phenoxy) is 2. The van der Waals surface area contributed by atoms with Crippen molar-refractivity contribution in [2.45, 2.75) is 19.6 Å². The maximum Gasteiger partial charge on any atom is 0.287 e. The number of hydrogen-bond donors (Lipinski definition) is 1. The lowest BCUT2D eigenvalue weighted by atomic mass is 10.1. The third kappa shape index (κ3) is 3.37. The van der Waals surface area contributed by atoms with Crippen LogP contribution >= 0.6 is 0 Å². The van der Waals surface area contributed by atoms with Gasteiger partial charge in [0.1, 0.15) is 11.3 Å². The molecule has 1 N–H and O–H groups in total. The van der Waals surface area contributed by atoms with Gasteiger partial charge in [-0.25, -0.2) is 0 Å². The summed E-state index contributed by atoms with van der Waals surface area (Å²) in [6.07, 6.45) is 0. The minimum atomic E-state index is -0.276. The molecule has 0 bridgehead atoms. The van der Waals surface area contributed by atoms with Gasteiger partial charge < -0.3 is 19.2 Å². The molecule has 1 aromatic heterocycles. The molecular formula is C20H21NO4. The summed E-state index contributed by atoms with van der Waals surface area (Å²) >= 11 is 0. The van der Waals surface area contributed by atoms with Crippen molar-refractivity contribution < 1.29 is 18.7 Å². The predicted molar refractivity (Wildman–Crippen MR) is 95.8 cm³/mol. The number of furan rings is 1. The van der Waals surface area contributed by atoms with Crippen LogP contribution in [0.15, 0.2) is 52.9 Å². The molecule has 5 nitrogen and oxygen atoms in total. The highest BCUT2D eigenvalue weighted by Crippen LogP contribution is 2.28. The smallest absolute Gasteiger partial charge is 0.287 e. The molecule has 0 aliphatic carbocycles. The van der Waals surface area contributed by atoms with Gasteiger partial charge in [0.05, 0.1) is 19.8 Å². The van der Waals surface area contributed by atoms with Gasteiger partial charge in [0.2, 0.25) is 0 Å². The van der Waals surface area contributed by atoms with Crippen molar-refractivity contribution in [1.29, 1.82) is 0 Å². The first-order valence-electron chi connectivity index (χ1n) is 8.08. The zero-order valence-electron chi connectivity index (χ0n) is 14.5.